The summed E-state index contributed by atoms with van der Waals surface area (Å²) >= 11 is 1.28. The molecule has 0 aliphatic carbocycles. The zero-order valence-corrected chi connectivity index (χ0v) is 19.6. The van der Waals surface area contributed by atoms with Crippen LogP contribution in [0.5, 0.6) is 11.5 Å². The number of hydrogen-bond acceptors (Lipinski definition) is 7. The molecule has 2 amide bonds. The summed E-state index contributed by atoms with van der Waals surface area (Å²) < 4.78 is 10.6. The SMILES string of the molecule is COc1ccc(OC)c(NC(=O)C[C@@H]2SC(=Nc3ccccc3)N(Cc3ccccn3)C2=O)c1. The molecule has 9 heteroatoms. The number of carbonyl (C=O) groups excluding carboxylic acids is 2. The lowest BCUT2D eigenvalue weighted by atomic mass is 10.2. The molecule has 0 saturated carbocycles. The van der Waals surface area contributed by atoms with E-state index >= 15 is 0 Å². The highest BCUT2D eigenvalue weighted by Gasteiger charge is 2.39. The van der Waals surface area contributed by atoms with Crippen LogP contribution >= 0.6 is 11.8 Å². The normalized spacial score (nSPS) is 16.5. The Morgan fingerprint density at radius 3 is 2.59 bits per heavy atom. The molecule has 1 aliphatic rings. The number of aromatic nitrogens is 1. The van der Waals surface area contributed by atoms with Gasteiger partial charge in [-0.25, -0.2) is 4.99 Å². The van der Waals surface area contributed by atoms with Gasteiger partial charge in [0.2, 0.25) is 11.8 Å². The number of amidine groups is 1. The molecule has 1 atom stereocenters. The molecule has 8 nitrogen and oxygen atoms in total. The second kappa shape index (κ2) is 10.8. The average Bonchev–Trinajstić information content (AvgIpc) is 3.13. The number of para-hydroxylation sites is 1. The molecular formula is C25H24N4O4S. The van der Waals surface area contributed by atoms with Crippen molar-refractivity contribution in [3.63, 3.8) is 0 Å². The Labute approximate surface area is 202 Å². The Bertz CT molecular complexity index is 1190. The van der Waals surface area contributed by atoms with Crippen molar-refractivity contribution in [1.82, 2.24) is 9.88 Å². The largest absolute Gasteiger partial charge is 0.497 e. The highest BCUT2D eigenvalue weighted by Crippen LogP contribution is 2.34. The van der Waals surface area contributed by atoms with Crippen LogP contribution in [0.4, 0.5) is 11.4 Å². The number of hydrogen-bond donors (Lipinski definition) is 1. The van der Waals surface area contributed by atoms with Gasteiger partial charge in [0.25, 0.3) is 0 Å². The van der Waals surface area contributed by atoms with E-state index in [-0.39, 0.29) is 24.8 Å². The summed E-state index contributed by atoms with van der Waals surface area (Å²) in [7, 11) is 3.07. The molecule has 0 unspecified atom stereocenters. The number of nitrogens with zero attached hydrogens (tertiary/aromatic N) is 3. The Kier molecular flexibility index (Phi) is 7.44. The fourth-order valence-electron chi connectivity index (χ4n) is 3.42. The highest BCUT2D eigenvalue weighted by atomic mass is 32.2. The van der Waals surface area contributed by atoms with E-state index in [0.29, 0.717) is 22.4 Å². The number of ether oxygens (including phenoxy) is 2. The highest BCUT2D eigenvalue weighted by molar-refractivity contribution is 8.15. The van der Waals surface area contributed by atoms with Gasteiger partial charge in [-0.05, 0) is 36.4 Å². The zero-order valence-electron chi connectivity index (χ0n) is 18.8. The van der Waals surface area contributed by atoms with Gasteiger partial charge in [-0.1, -0.05) is 36.0 Å². The molecule has 1 aliphatic heterocycles. The van der Waals surface area contributed by atoms with Gasteiger partial charge in [-0.3, -0.25) is 19.5 Å². The van der Waals surface area contributed by atoms with Crippen molar-refractivity contribution < 1.29 is 19.1 Å². The van der Waals surface area contributed by atoms with Crippen molar-refractivity contribution in [2.75, 3.05) is 19.5 Å². The van der Waals surface area contributed by atoms with E-state index in [4.69, 9.17) is 9.47 Å². The Hall–Kier alpha value is -3.85. The first-order chi connectivity index (χ1) is 16.6. The molecule has 2 heterocycles. The monoisotopic (exact) mass is 476 g/mol. The standard InChI is InChI=1S/C25H24N4O4S/c1-32-19-11-12-21(33-2)20(14-19)28-23(30)15-22-24(31)29(16-18-10-6-7-13-26-18)25(34-22)27-17-8-4-3-5-9-17/h3-14,22H,15-16H2,1-2H3,(H,28,30)/t22-/m0/s1. The minimum absolute atomic E-state index is 0.0175. The molecule has 1 N–H and O–H groups in total. The van der Waals surface area contributed by atoms with E-state index < -0.39 is 5.25 Å². The van der Waals surface area contributed by atoms with Gasteiger partial charge in [0, 0.05) is 18.7 Å². The topological polar surface area (TPSA) is 93.1 Å². The number of methoxy groups -OCH3 is 2. The molecule has 4 rings (SSSR count). The predicted molar refractivity (Wildman–Crippen MR) is 132 cm³/mol. The third kappa shape index (κ3) is 5.55. The maximum atomic E-state index is 13.3. The summed E-state index contributed by atoms with van der Waals surface area (Å²) in [6, 6.07) is 20.1. The van der Waals surface area contributed by atoms with E-state index in [2.05, 4.69) is 15.3 Å². The van der Waals surface area contributed by atoms with Crippen LogP contribution < -0.4 is 14.8 Å². The third-order valence-corrected chi connectivity index (χ3v) is 6.27. The van der Waals surface area contributed by atoms with Gasteiger partial charge >= 0.3 is 0 Å². The van der Waals surface area contributed by atoms with E-state index in [1.54, 1.807) is 36.4 Å². The number of carbonyl (C=O) groups is 2. The Morgan fingerprint density at radius 1 is 1.09 bits per heavy atom. The number of anilines is 1. The van der Waals surface area contributed by atoms with Crippen molar-refractivity contribution in [3.8, 4) is 11.5 Å². The summed E-state index contributed by atoms with van der Waals surface area (Å²) in [5.41, 5.74) is 1.95. The van der Waals surface area contributed by atoms with E-state index in [0.717, 1.165) is 11.4 Å². The summed E-state index contributed by atoms with van der Waals surface area (Å²) in [5.74, 6) is 0.595. The molecule has 1 fully saturated rings. The van der Waals surface area contributed by atoms with Crippen molar-refractivity contribution in [1.29, 1.82) is 0 Å². The third-order valence-electron chi connectivity index (χ3n) is 5.10. The number of rotatable bonds is 8. The first-order valence-corrected chi connectivity index (χ1v) is 11.5. The lowest BCUT2D eigenvalue weighted by Crippen LogP contribution is -2.33. The number of aliphatic imine (C=N–C) groups is 1. The number of nitrogens with one attached hydrogen (secondary N) is 1. The smallest absolute Gasteiger partial charge is 0.243 e. The predicted octanol–water partition coefficient (Wildman–Crippen LogP) is 4.26. The van der Waals surface area contributed by atoms with Gasteiger partial charge in [0.15, 0.2) is 5.17 Å². The van der Waals surface area contributed by atoms with Gasteiger partial charge in [0.1, 0.15) is 16.7 Å². The van der Waals surface area contributed by atoms with Crippen molar-refractivity contribution in [2.45, 2.75) is 18.2 Å². The Balaban J connectivity index is 1.53. The molecule has 2 aromatic carbocycles. The van der Waals surface area contributed by atoms with Crippen LogP contribution in [0.1, 0.15) is 12.1 Å². The summed E-state index contributed by atoms with van der Waals surface area (Å²) in [4.78, 5) is 36.7. The maximum Gasteiger partial charge on any atom is 0.243 e. The van der Waals surface area contributed by atoms with Gasteiger partial charge in [-0.2, -0.15) is 0 Å². The van der Waals surface area contributed by atoms with Gasteiger partial charge < -0.3 is 14.8 Å². The van der Waals surface area contributed by atoms with Crippen molar-refractivity contribution in [2.24, 2.45) is 4.99 Å². The van der Waals surface area contributed by atoms with E-state index in [1.165, 1.54) is 18.9 Å². The fourth-order valence-corrected chi connectivity index (χ4v) is 4.58. The average molecular weight is 477 g/mol. The molecule has 0 spiro atoms. The van der Waals surface area contributed by atoms with Crippen LogP contribution in [0.25, 0.3) is 0 Å². The Morgan fingerprint density at radius 2 is 1.88 bits per heavy atom. The molecule has 1 saturated heterocycles. The first kappa shape index (κ1) is 23.3. The molecule has 3 aromatic rings. The minimum Gasteiger partial charge on any atom is -0.497 e. The van der Waals surface area contributed by atoms with Gasteiger partial charge in [0.05, 0.1) is 37.8 Å². The second-order valence-corrected chi connectivity index (χ2v) is 8.57. The van der Waals surface area contributed by atoms with Crippen LogP contribution in [0.3, 0.4) is 0 Å². The lowest BCUT2D eigenvalue weighted by molar-refractivity contribution is -0.128. The van der Waals surface area contributed by atoms with Crippen LogP contribution in [0.15, 0.2) is 77.9 Å². The van der Waals surface area contributed by atoms with Crippen LogP contribution in [-0.2, 0) is 16.1 Å². The molecular weight excluding hydrogens is 452 g/mol. The minimum atomic E-state index is -0.609. The number of benzene rings is 2. The maximum absolute atomic E-state index is 13.3. The molecule has 34 heavy (non-hydrogen) atoms. The summed E-state index contributed by atoms with van der Waals surface area (Å²) in [6.45, 7) is 0.278. The fraction of sp³-hybridized carbons (Fsp3) is 0.200. The second-order valence-electron chi connectivity index (χ2n) is 7.40. The number of amides is 2. The van der Waals surface area contributed by atoms with Crippen LogP contribution in [-0.4, -0.2) is 46.3 Å². The molecule has 0 radical (unpaired) electrons. The van der Waals surface area contributed by atoms with Crippen molar-refractivity contribution in [3.05, 3.63) is 78.6 Å². The summed E-state index contributed by atoms with van der Waals surface area (Å²) in [5, 5.41) is 2.76. The lowest BCUT2D eigenvalue weighted by Gasteiger charge is -2.16. The summed E-state index contributed by atoms with van der Waals surface area (Å²) in [6.07, 6.45) is 1.67. The van der Waals surface area contributed by atoms with E-state index in [9.17, 15) is 9.59 Å². The number of thioether (sulfide) groups is 1. The van der Waals surface area contributed by atoms with Gasteiger partial charge in [-0.15, -0.1) is 0 Å². The zero-order chi connectivity index (χ0) is 23.9. The van der Waals surface area contributed by atoms with Crippen LogP contribution in [0, 0.1) is 0 Å². The van der Waals surface area contributed by atoms with E-state index in [1.807, 2.05) is 48.5 Å². The quantitative estimate of drug-likeness (QED) is 0.522. The molecule has 1 aromatic heterocycles. The first-order valence-electron chi connectivity index (χ1n) is 10.6. The van der Waals surface area contributed by atoms with Crippen molar-refractivity contribution >= 4 is 40.1 Å². The number of pyridine rings is 1. The van der Waals surface area contributed by atoms with Crippen LogP contribution in [0.2, 0.25) is 0 Å². The molecule has 0 bridgehead atoms. The molecule has 174 valence electrons.